The zero-order valence-corrected chi connectivity index (χ0v) is 11.0. The molecule has 1 aromatic rings. The molecule has 0 unspecified atom stereocenters. The standard InChI is InChI=1S/C13H19N3S/c1-16(11-4-2-3-5-11)9-10-6-7-15-12(8-10)13(14)17/h6-8,11H,2-5,9H2,1H3,(H2,14,17). The van der Waals surface area contributed by atoms with Gasteiger partial charge in [-0.2, -0.15) is 0 Å². The molecule has 2 N–H and O–H groups in total. The largest absolute Gasteiger partial charge is 0.388 e. The van der Waals surface area contributed by atoms with E-state index in [4.69, 9.17) is 18.0 Å². The molecule has 1 heterocycles. The predicted molar refractivity (Wildman–Crippen MR) is 73.8 cm³/mol. The first-order valence-electron chi connectivity index (χ1n) is 6.12. The van der Waals surface area contributed by atoms with Gasteiger partial charge in [-0.15, -0.1) is 0 Å². The summed E-state index contributed by atoms with van der Waals surface area (Å²) in [4.78, 5) is 6.95. The van der Waals surface area contributed by atoms with Crippen LogP contribution < -0.4 is 5.73 Å². The zero-order valence-electron chi connectivity index (χ0n) is 10.2. The Kier molecular flexibility index (Phi) is 4.07. The molecule has 0 saturated heterocycles. The molecule has 1 aliphatic carbocycles. The van der Waals surface area contributed by atoms with Crippen molar-refractivity contribution in [3.05, 3.63) is 29.6 Å². The predicted octanol–water partition coefficient (Wildman–Crippen LogP) is 2.09. The van der Waals surface area contributed by atoms with Crippen LogP contribution in [0.2, 0.25) is 0 Å². The Balaban J connectivity index is 2.02. The second kappa shape index (κ2) is 5.56. The lowest BCUT2D eigenvalue weighted by Crippen LogP contribution is -2.28. The topological polar surface area (TPSA) is 42.2 Å². The van der Waals surface area contributed by atoms with Gasteiger partial charge in [0.1, 0.15) is 4.99 Å². The molecule has 1 aliphatic rings. The molecule has 1 saturated carbocycles. The lowest BCUT2D eigenvalue weighted by Gasteiger charge is -2.24. The number of hydrogen-bond donors (Lipinski definition) is 1. The lowest BCUT2D eigenvalue weighted by atomic mass is 10.1. The SMILES string of the molecule is CN(Cc1ccnc(C(N)=S)c1)C1CCCC1. The lowest BCUT2D eigenvalue weighted by molar-refractivity contribution is 0.237. The minimum absolute atomic E-state index is 0.371. The zero-order chi connectivity index (χ0) is 12.3. The van der Waals surface area contributed by atoms with Gasteiger partial charge in [0.15, 0.2) is 0 Å². The van der Waals surface area contributed by atoms with E-state index >= 15 is 0 Å². The van der Waals surface area contributed by atoms with Crippen LogP contribution in [0.25, 0.3) is 0 Å². The minimum atomic E-state index is 0.371. The van der Waals surface area contributed by atoms with Crippen molar-refractivity contribution in [3.63, 3.8) is 0 Å². The Hall–Kier alpha value is -1.00. The van der Waals surface area contributed by atoms with Crippen LogP contribution in [0.3, 0.4) is 0 Å². The van der Waals surface area contributed by atoms with Crippen LogP contribution in [-0.2, 0) is 6.54 Å². The Morgan fingerprint density at radius 1 is 1.53 bits per heavy atom. The summed E-state index contributed by atoms with van der Waals surface area (Å²) in [6, 6.07) is 4.76. The third-order valence-corrected chi connectivity index (χ3v) is 3.67. The number of nitrogens with two attached hydrogens (primary N) is 1. The molecule has 0 atom stereocenters. The van der Waals surface area contributed by atoms with E-state index in [1.165, 1.54) is 31.2 Å². The maximum Gasteiger partial charge on any atom is 0.122 e. The van der Waals surface area contributed by atoms with Gasteiger partial charge in [-0.1, -0.05) is 25.1 Å². The van der Waals surface area contributed by atoms with Gasteiger partial charge in [0.25, 0.3) is 0 Å². The van der Waals surface area contributed by atoms with E-state index in [0.717, 1.165) is 18.3 Å². The summed E-state index contributed by atoms with van der Waals surface area (Å²) < 4.78 is 0. The van der Waals surface area contributed by atoms with Crippen LogP contribution in [-0.4, -0.2) is 28.0 Å². The van der Waals surface area contributed by atoms with E-state index in [2.05, 4.69) is 16.9 Å². The van der Waals surface area contributed by atoms with Crippen molar-refractivity contribution in [2.24, 2.45) is 5.73 Å². The van der Waals surface area contributed by atoms with E-state index in [9.17, 15) is 0 Å². The number of hydrogen-bond acceptors (Lipinski definition) is 3. The van der Waals surface area contributed by atoms with Gasteiger partial charge < -0.3 is 5.73 Å². The maximum absolute atomic E-state index is 5.59. The summed E-state index contributed by atoms with van der Waals surface area (Å²) >= 11 is 4.94. The second-order valence-corrected chi connectivity index (χ2v) is 5.21. The average Bonchev–Trinajstić information content (AvgIpc) is 2.82. The fourth-order valence-corrected chi connectivity index (χ4v) is 2.58. The molecule has 0 radical (unpaired) electrons. The Labute approximate surface area is 108 Å². The van der Waals surface area contributed by atoms with Crippen molar-refractivity contribution in [2.75, 3.05) is 7.05 Å². The smallest absolute Gasteiger partial charge is 0.122 e. The van der Waals surface area contributed by atoms with E-state index in [0.29, 0.717) is 4.99 Å². The third kappa shape index (κ3) is 3.23. The van der Waals surface area contributed by atoms with Crippen molar-refractivity contribution in [1.82, 2.24) is 9.88 Å². The Morgan fingerprint density at radius 3 is 2.88 bits per heavy atom. The van der Waals surface area contributed by atoms with Gasteiger partial charge in [0, 0.05) is 18.8 Å². The highest BCUT2D eigenvalue weighted by atomic mass is 32.1. The normalized spacial score (nSPS) is 16.6. The number of nitrogens with zero attached hydrogens (tertiary/aromatic N) is 2. The maximum atomic E-state index is 5.59. The molecule has 0 bridgehead atoms. The summed E-state index contributed by atoms with van der Waals surface area (Å²) in [5.74, 6) is 0. The molecule has 2 rings (SSSR count). The van der Waals surface area contributed by atoms with E-state index < -0.39 is 0 Å². The molecule has 0 spiro atoms. The van der Waals surface area contributed by atoms with Crippen molar-refractivity contribution in [2.45, 2.75) is 38.3 Å². The minimum Gasteiger partial charge on any atom is -0.388 e. The molecule has 1 fully saturated rings. The first-order chi connectivity index (χ1) is 8.16. The molecule has 0 aliphatic heterocycles. The summed E-state index contributed by atoms with van der Waals surface area (Å²) in [6.07, 6.45) is 7.16. The fraction of sp³-hybridized carbons (Fsp3) is 0.538. The highest BCUT2D eigenvalue weighted by Gasteiger charge is 2.19. The Morgan fingerprint density at radius 2 is 2.24 bits per heavy atom. The van der Waals surface area contributed by atoms with Crippen LogP contribution in [0.5, 0.6) is 0 Å². The monoisotopic (exact) mass is 249 g/mol. The van der Waals surface area contributed by atoms with Gasteiger partial charge in [-0.25, -0.2) is 0 Å². The van der Waals surface area contributed by atoms with Crippen LogP contribution >= 0.6 is 12.2 Å². The molecule has 3 nitrogen and oxygen atoms in total. The molecule has 92 valence electrons. The highest BCUT2D eigenvalue weighted by molar-refractivity contribution is 7.80. The quantitative estimate of drug-likeness (QED) is 0.830. The van der Waals surface area contributed by atoms with Gasteiger partial charge in [-0.3, -0.25) is 9.88 Å². The number of rotatable bonds is 4. The van der Waals surface area contributed by atoms with E-state index in [1.807, 2.05) is 12.1 Å². The highest BCUT2D eigenvalue weighted by Crippen LogP contribution is 2.23. The first-order valence-corrected chi connectivity index (χ1v) is 6.52. The van der Waals surface area contributed by atoms with Gasteiger partial charge >= 0.3 is 0 Å². The number of aromatic nitrogens is 1. The molecule has 0 aromatic carbocycles. The van der Waals surface area contributed by atoms with Gasteiger partial charge in [0.2, 0.25) is 0 Å². The van der Waals surface area contributed by atoms with Crippen LogP contribution in [0, 0.1) is 0 Å². The van der Waals surface area contributed by atoms with E-state index in [-0.39, 0.29) is 0 Å². The second-order valence-electron chi connectivity index (χ2n) is 4.77. The van der Waals surface area contributed by atoms with Crippen LogP contribution in [0.4, 0.5) is 0 Å². The molecular formula is C13H19N3S. The van der Waals surface area contributed by atoms with Crippen LogP contribution in [0.15, 0.2) is 18.3 Å². The molecule has 0 amide bonds. The first kappa shape index (κ1) is 12.5. The summed E-state index contributed by atoms with van der Waals surface area (Å²) in [6.45, 7) is 0.947. The average molecular weight is 249 g/mol. The van der Waals surface area contributed by atoms with Gasteiger partial charge in [-0.05, 0) is 37.6 Å². The fourth-order valence-electron chi connectivity index (χ4n) is 2.47. The van der Waals surface area contributed by atoms with Crippen molar-refractivity contribution >= 4 is 17.2 Å². The van der Waals surface area contributed by atoms with Crippen molar-refractivity contribution in [3.8, 4) is 0 Å². The van der Waals surface area contributed by atoms with E-state index in [1.54, 1.807) is 6.20 Å². The molecular weight excluding hydrogens is 230 g/mol. The van der Waals surface area contributed by atoms with Gasteiger partial charge in [0.05, 0.1) is 5.69 Å². The van der Waals surface area contributed by atoms with Crippen LogP contribution in [0.1, 0.15) is 36.9 Å². The number of pyridine rings is 1. The Bertz CT molecular complexity index is 399. The van der Waals surface area contributed by atoms with Crippen molar-refractivity contribution in [1.29, 1.82) is 0 Å². The summed E-state index contributed by atoms with van der Waals surface area (Å²) in [5.41, 5.74) is 7.54. The molecule has 1 aromatic heterocycles. The summed E-state index contributed by atoms with van der Waals surface area (Å²) in [7, 11) is 2.19. The number of thiocarbonyl (C=S) groups is 1. The molecule has 4 heteroatoms. The third-order valence-electron chi connectivity index (χ3n) is 3.46. The summed E-state index contributed by atoms with van der Waals surface area (Å²) in [5, 5.41) is 0. The van der Waals surface area contributed by atoms with Crippen molar-refractivity contribution < 1.29 is 0 Å². The molecule has 17 heavy (non-hydrogen) atoms.